The topological polar surface area (TPSA) is 107 Å². The molecule has 0 spiro atoms. The number of hydrogen-bond acceptors (Lipinski definition) is 5. The van der Waals surface area contributed by atoms with Crippen LogP contribution in [0.3, 0.4) is 0 Å². The Morgan fingerprint density at radius 2 is 2.26 bits per heavy atom. The lowest BCUT2D eigenvalue weighted by Crippen LogP contribution is -2.26. The molecule has 7 heteroatoms. The number of carbonyl (C=O) groups is 1. The summed E-state index contributed by atoms with van der Waals surface area (Å²) in [5.74, 6) is -0.932. The van der Waals surface area contributed by atoms with E-state index < -0.39 is 10.9 Å². The smallest absolute Gasteiger partial charge is 0.305 e. The Labute approximate surface area is 109 Å². The van der Waals surface area contributed by atoms with E-state index in [-0.39, 0.29) is 24.2 Å². The van der Waals surface area contributed by atoms with Crippen molar-refractivity contribution in [3.8, 4) is 6.07 Å². The monoisotopic (exact) mass is 263 g/mol. The van der Waals surface area contributed by atoms with Gasteiger partial charge in [-0.1, -0.05) is 0 Å². The van der Waals surface area contributed by atoms with E-state index in [2.05, 4.69) is 0 Å². The predicted molar refractivity (Wildman–Crippen MR) is 68.0 cm³/mol. The van der Waals surface area contributed by atoms with E-state index in [1.807, 2.05) is 13.0 Å². The molecule has 0 aliphatic heterocycles. The fraction of sp³-hybridized carbons (Fsp3) is 0.333. The van der Waals surface area contributed by atoms with Gasteiger partial charge < -0.3 is 10.0 Å². The molecule has 1 aromatic rings. The standard InChI is InChI=1S/C12H13N3O4/c1-2-14(6-5-12(16)17)11-4-3-10(15(18)19)7-9(11)8-13/h3-4,7H,2,5-6H2,1H3,(H,16,17). The molecule has 0 fully saturated rings. The van der Waals surface area contributed by atoms with Crippen LogP contribution in [0.25, 0.3) is 0 Å². The molecule has 7 nitrogen and oxygen atoms in total. The Hall–Kier alpha value is -2.62. The van der Waals surface area contributed by atoms with Crippen molar-refractivity contribution in [1.82, 2.24) is 0 Å². The normalized spacial score (nSPS) is 9.68. The summed E-state index contributed by atoms with van der Waals surface area (Å²) in [5.41, 5.74) is 0.521. The van der Waals surface area contributed by atoms with Gasteiger partial charge in [0.25, 0.3) is 5.69 Å². The second-order valence-electron chi connectivity index (χ2n) is 3.79. The first-order valence-electron chi connectivity index (χ1n) is 5.64. The largest absolute Gasteiger partial charge is 0.481 e. The summed E-state index contributed by atoms with van der Waals surface area (Å²) in [6.45, 7) is 2.59. The minimum atomic E-state index is -0.932. The van der Waals surface area contributed by atoms with Crippen LogP contribution in [-0.2, 0) is 4.79 Å². The van der Waals surface area contributed by atoms with Crippen molar-refractivity contribution in [3.63, 3.8) is 0 Å². The van der Waals surface area contributed by atoms with Crippen LogP contribution in [0.15, 0.2) is 18.2 Å². The molecule has 0 aromatic heterocycles. The van der Waals surface area contributed by atoms with Gasteiger partial charge >= 0.3 is 5.97 Å². The van der Waals surface area contributed by atoms with Gasteiger partial charge in [0.1, 0.15) is 6.07 Å². The molecule has 0 aliphatic rings. The van der Waals surface area contributed by atoms with Gasteiger partial charge in [-0.2, -0.15) is 5.26 Å². The quantitative estimate of drug-likeness (QED) is 0.619. The van der Waals surface area contributed by atoms with Crippen LogP contribution in [0.4, 0.5) is 11.4 Å². The van der Waals surface area contributed by atoms with Crippen LogP contribution < -0.4 is 4.90 Å². The van der Waals surface area contributed by atoms with Gasteiger partial charge in [0.15, 0.2) is 0 Å². The number of benzene rings is 1. The van der Waals surface area contributed by atoms with E-state index in [9.17, 15) is 14.9 Å². The van der Waals surface area contributed by atoms with Crippen LogP contribution in [0, 0.1) is 21.4 Å². The van der Waals surface area contributed by atoms with E-state index in [1.54, 1.807) is 4.90 Å². The second-order valence-corrected chi connectivity index (χ2v) is 3.79. The second kappa shape index (κ2) is 6.35. The van der Waals surface area contributed by atoms with E-state index in [0.29, 0.717) is 12.2 Å². The van der Waals surface area contributed by atoms with Gasteiger partial charge in [-0.05, 0) is 13.0 Å². The zero-order valence-electron chi connectivity index (χ0n) is 10.4. The van der Waals surface area contributed by atoms with Gasteiger partial charge in [-0.25, -0.2) is 0 Å². The summed E-state index contributed by atoms with van der Waals surface area (Å²) in [7, 11) is 0. The minimum Gasteiger partial charge on any atom is -0.481 e. The van der Waals surface area contributed by atoms with Crippen molar-refractivity contribution in [2.24, 2.45) is 0 Å². The predicted octanol–water partition coefficient (Wildman–Crippen LogP) is 1.77. The number of non-ortho nitro benzene ring substituents is 1. The molecule has 19 heavy (non-hydrogen) atoms. The summed E-state index contributed by atoms with van der Waals surface area (Å²) < 4.78 is 0. The van der Waals surface area contributed by atoms with Crippen molar-refractivity contribution < 1.29 is 14.8 Å². The average Bonchev–Trinajstić information content (AvgIpc) is 2.39. The van der Waals surface area contributed by atoms with Gasteiger partial charge in [-0.3, -0.25) is 14.9 Å². The Kier molecular flexibility index (Phi) is 4.83. The van der Waals surface area contributed by atoms with Crippen LogP contribution >= 0.6 is 0 Å². The molecule has 0 atom stereocenters. The Bertz CT molecular complexity index is 536. The molecular weight excluding hydrogens is 250 g/mol. The highest BCUT2D eigenvalue weighted by molar-refractivity contribution is 5.69. The minimum absolute atomic E-state index is 0.0598. The van der Waals surface area contributed by atoms with Crippen molar-refractivity contribution >= 4 is 17.3 Å². The SMILES string of the molecule is CCN(CCC(=O)O)c1ccc([N+](=O)[O-])cc1C#N. The van der Waals surface area contributed by atoms with Crippen molar-refractivity contribution in [3.05, 3.63) is 33.9 Å². The molecule has 1 rings (SSSR count). The number of carboxylic acids is 1. The molecule has 0 radical (unpaired) electrons. The molecule has 1 aromatic carbocycles. The van der Waals surface area contributed by atoms with Crippen LogP contribution in [-0.4, -0.2) is 29.1 Å². The van der Waals surface area contributed by atoms with Crippen molar-refractivity contribution in [2.75, 3.05) is 18.0 Å². The molecule has 0 amide bonds. The van der Waals surface area contributed by atoms with Crippen molar-refractivity contribution in [2.45, 2.75) is 13.3 Å². The molecular formula is C12H13N3O4. The Morgan fingerprint density at radius 1 is 1.58 bits per heavy atom. The molecule has 0 saturated carbocycles. The number of aliphatic carboxylic acids is 1. The third kappa shape index (κ3) is 3.67. The third-order valence-electron chi connectivity index (χ3n) is 2.63. The van der Waals surface area contributed by atoms with Crippen molar-refractivity contribution in [1.29, 1.82) is 5.26 Å². The first-order valence-corrected chi connectivity index (χ1v) is 5.64. The van der Waals surface area contributed by atoms with E-state index in [1.165, 1.54) is 18.2 Å². The highest BCUT2D eigenvalue weighted by atomic mass is 16.6. The first kappa shape index (κ1) is 14.4. The molecule has 0 aliphatic carbocycles. The van der Waals surface area contributed by atoms with Gasteiger partial charge in [0.2, 0.25) is 0 Å². The zero-order chi connectivity index (χ0) is 14.4. The summed E-state index contributed by atoms with van der Waals surface area (Å²) in [6.07, 6.45) is -0.0598. The number of nitriles is 1. The van der Waals surface area contributed by atoms with Gasteiger partial charge in [0.05, 0.1) is 22.6 Å². The number of hydrogen-bond donors (Lipinski definition) is 1. The highest BCUT2D eigenvalue weighted by Gasteiger charge is 2.15. The van der Waals surface area contributed by atoms with E-state index in [0.717, 1.165) is 0 Å². The lowest BCUT2D eigenvalue weighted by atomic mass is 10.1. The molecule has 1 N–H and O–H groups in total. The lowest BCUT2D eigenvalue weighted by Gasteiger charge is -2.23. The number of nitrogens with zero attached hydrogens (tertiary/aromatic N) is 3. The van der Waals surface area contributed by atoms with Gasteiger partial charge in [-0.15, -0.1) is 0 Å². The summed E-state index contributed by atoms with van der Waals surface area (Å²) in [5, 5.41) is 28.3. The van der Waals surface area contributed by atoms with Gasteiger partial charge in [0, 0.05) is 25.2 Å². The van der Waals surface area contributed by atoms with Crippen LogP contribution in [0.2, 0.25) is 0 Å². The first-order chi connectivity index (χ1) is 8.99. The highest BCUT2D eigenvalue weighted by Crippen LogP contribution is 2.25. The van der Waals surface area contributed by atoms with E-state index >= 15 is 0 Å². The third-order valence-corrected chi connectivity index (χ3v) is 2.63. The Balaban J connectivity index is 3.07. The summed E-state index contributed by atoms with van der Waals surface area (Å²) in [6, 6.07) is 5.87. The molecule has 100 valence electrons. The maximum atomic E-state index is 10.6. The fourth-order valence-electron chi connectivity index (χ4n) is 1.68. The van der Waals surface area contributed by atoms with E-state index in [4.69, 9.17) is 10.4 Å². The van der Waals surface area contributed by atoms with Crippen LogP contribution in [0.5, 0.6) is 0 Å². The maximum Gasteiger partial charge on any atom is 0.305 e. The average molecular weight is 263 g/mol. The summed E-state index contributed by atoms with van der Waals surface area (Å²) in [4.78, 5) is 22.3. The van der Waals surface area contributed by atoms with Crippen LogP contribution in [0.1, 0.15) is 18.9 Å². The maximum absolute atomic E-state index is 10.6. The number of anilines is 1. The number of nitro benzene ring substituents is 1. The molecule has 0 heterocycles. The zero-order valence-corrected chi connectivity index (χ0v) is 10.4. The number of nitro groups is 1. The molecule has 0 saturated heterocycles. The lowest BCUT2D eigenvalue weighted by molar-refractivity contribution is -0.384. The fourth-order valence-corrected chi connectivity index (χ4v) is 1.68. The number of rotatable bonds is 6. The molecule has 0 bridgehead atoms. The number of carboxylic acid groups (broad SMARTS) is 1. The Morgan fingerprint density at radius 3 is 2.74 bits per heavy atom. The molecule has 0 unspecified atom stereocenters. The summed E-state index contributed by atoms with van der Waals surface area (Å²) >= 11 is 0.